The van der Waals surface area contributed by atoms with E-state index in [-0.39, 0.29) is 30.1 Å². The van der Waals surface area contributed by atoms with Gasteiger partial charge in [0.1, 0.15) is 0 Å². The van der Waals surface area contributed by atoms with Crippen molar-refractivity contribution in [1.29, 1.82) is 5.41 Å². The fourth-order valence-electron chi connectivity index (χ4n) is 2.89. The number of nitrogens with zero attached hydrogens (tertiary/aromatic N) is 3. The monoisotopic (exact) mass is 370 g/mol. The summed E-state index contributed by atoms with van der Waals surface area (Å²) in [6, 6.07) is 0.767. The van der Waals surface area contributed by atoms with Gasteiger partial charge in [0.2, 0.25) is 0 Å². The molecular formula is C19H42N6O. The Morgan fingerprint density at radius 1 is 0.885 bits per heavy atom. The maximum absolute atomic E-state index is 12.7. The normalized spacial score (nSPS) is 14.4. The lowest BCUT2D eigenvalue weighted by molar-refractivity contribution is 0.140. The molecule has 2 amide bonds. The standard InChI is InChI=1S/C19H42N6O/c1-15(23(5)18(20)21)12-10-13-17(3)25(7)19(26)24(6)16(2)11-8-9-14-22-4/h15-17,22H,8-14H2,1-7H3,(H3,20,21)/t15-,16?,17?/m1/s1. The van der Waals surface area contributed by atoms with Crippen molar-refractivity contribution < 1.29 is 4.79 Å². The van der Waals surface area contributed by atoms with E-state index in [1.54, 1.807) is 4.90 Å². The number of nitrogens with two attached hydrogens (primary N) is 1. The minimum absolute atomic E-state index is 0.0903. The van der Waals surface area contributed by atoms with Gasteiger partial charge < -0.3 is 25.8 Å². The number of nitrogens with one attached hydrogen (secondary N) is 2. The van der Waals surface area contributed by atoms with Gasteiger partial charge in [-0.1, -0.05) is 6.42 Å². The molecule has 3 atom stereocenters. The summed E-state index contributed by atoms with van der Waals surface area (Å²) in [5.74, 6) is 0.100. The summed E-state index contributed by atoms with van der Waals surface area (Å²) in [7, 11) is 7.61. The first-order valence-electron chi connectivity index (χ1n) is 9.84. The third-order valence-electron chi connectivity index (χ3n) is 5.51. The smallest absolute Gasteiger partial charge is 0.319 e. The molecule has 0 aliphatic rings. The third-order valence-corrected chi connectivity index (χ3v) is 5.51. The number of hydrogen-bond donors (Lipinski definition) is 3. The van der Waals surface area contributed by atoms with E-state index in [0.29, 0.717) is 0 Å². The fraction of sp³-hybridized carbons (Fsp3) is 0.895. The lowest BCUT2D eigenvalue weighted by Crippen LogP contribution is -2.46. The topological polar surface area (TPSA) is 88.7 Å². The maximum Gasteiger partial charge on any atom is 0.319 e. The predicted octanol–water partition coefficient (Wildman–Crippen LogP) is 2.52. The number of rotatable bonds is 12. The molecule has 0 radical (unpaired) electrons. The van der Waals surface area contributed by atoms with Crippen molar-refractivity contribution in [2.75, 3.05) is 34.7 Å². The fourth-order valence-corrected chi connectivity index (χ4v) is 2.89. The Bertz CT molecular complexity index is 417. The molecule has 0 aromatic heterocycles. The number of carbonyl (C=O) groups excluding carboxylic acids is 1. The van der Waals surface area contributed by atoms with Crippen LogP contribution in [0.2, 0.25) is 0 Å². The molecule has 0 spiro atoms. The quantitative estimate of drug-likeness (QED) is 0.280. The average Bonchev–Trinajstić information content (AvgIpc) is 2.61. The van der Waals surface area contributed by atoms with Crippen molar-refractivity contribution in [1.82, 2.24) is 20.0 Å². The van der Waals surface area contributed by atoms with Crippen LogP contribution in [0, 0.1) is 5.41 Å². The summed E-state index contributed by atoms with van der Waals surface area (Å²) in [6.07, 6.45) is 6.20. The Kier molecular flexibility index (Phi) is 12.1. The average molecular weight is 371 g/mol. The molecule has 7 heteroatoms. The zero-order valence-corrected chi connectivity index (χ0v) is 18.0. The lowest BCUT2D eigenvalue weighted by Gasteiger charge is -2.33. The van der Waals surface area contributed by atoms with Crippen molar-refractivity contribution in [3.05, 3.63) is 0 Å². The molecule has 0 bridgehead atoms. The second-order valence-electron chi connectivity index (χ2n) is 7.58. The molecule has 0 saturated carbocycles. The van der Waals surface area contributed by atoms with Crippen LogP contribution < -0.4 is 11.1 Å². The Balaban J connectivity index is 4.29. The van der Waals surface area contributed by atoms with Gasteiger partial charge in [0.05, 0.1) is 0 Å². The Hall–Kier alpha value is -1.50. The zero-order chi connectivity index (χ0) is 20.3. The second-order valence-corrected chi connectivity index (χ2v) is 7.58. The van der Waals surface area contributed by atoms with Crippen LogP contribution in [0.4, 0.5) is 4.79 Å². The first kappa shape index (κ1) is 24.5. The summed E-state index contributed by atoms with van der Waals surface area (Å²) >= 11 is 0. The SMILES string of the molecule is CNCCCCC(C)N(C)C(=O)N(C)C(C)CCC[C@@H](C)N(C)C(=N)N. The molecule has 4 N–H and O–H groups in total. The van der Waals surface area contributed by atoms with Crippen LogP contribution in [0.3, 0.4) is 0 Å². The van der Waals surface area contributed by atoms with E-state index >= 15 is 0 Å². The summed E-state index contributed by atoms with van der Waals surface area (Å²) in [6.45, 7) is 7.32. The molecule has 0 aliphatic carbocycles. The Labute approximate surface area is 160 Å². The molecule has 26 heavy (non-hydrogen) atoms. The first-order chi connectivity index (χ1) is 12.1. The van der Waals surface area contributed by atoms with Crippen LogP contribution in [0.15, 0.2) is 0 Å². The minimum atomic E-state index is 0.0903. The van der Waals surface area contributed by atoms with Gasteiger partial charge in [0, 0.05) is 39.3 Å². The van der Waals surface area contributed by atoms with E-state index in [9.17, 15) is 4.79 Å². The van der Waals surface area contributed by atoms with Gasteiger partial charge in [0.15, 0.2) is 5.96 Å². The Morgan fingerprint density at radius 3 is 1.73 bits per heavy atom. The van der Waals surface area contributed by atoms with Crippen LogP contribution in [-0.4, -0.2) is 79.6 Å². The summed E-state index contributed by atoms with van der Waals surface area (Å²) in [5, 5.41) is 10.6. The van der Waals surface area contributed by atoms with Crippen molar-refractivity contribution in [2.24, 2.45) is 5.73 Å². The van der Waals surface area contributed by atoms with Crippen LogP contribution in [0.5, 0.6) is 0 Å². The number of urea groups is 1. The van der Waals surface area contributed by atoms with E-state index in [2.05, 4.69) is 26.1 Å². The van der Waals surface area contributed by atoms with Crippen molar-refractivity contribution in [3.8, 4) is 0 Å². The number of amides is 2. The number of carbonyl (C=O) groups is 1. The number of guanidine groups is 1. The molecule has 0 rings (SSSR count). The highest BCUT2D eigenvalue weighted by Gasteiger charge is 2.22. The van der Waals surface area contributed by atoms with E-state index in [1.807, 2.05) is 38.0 Å². The van der Waals surface area contributed by atoms with Crippen LogP contribution in [0.25, 0.3) is 0 Å². The molecule has 0 heterocycles. The van der Waals surface area contributed by atoms with Gasteiger partial charge in [-0.15, -0.1) is 0 Å². The van der Waals surface area contributed by atoms with Gasteiger partial charge >= 0.3 is 6.03 Å². The highest BCUT2D eigenvalue weighted by molar-refractivity contribution is 5.74. The summed E-state index contributed by atoms with van der Waals surface area (Å²) in [5.41, 5.74) is 5.52. The van der Waals surface area contributed by atoms with Crippen molar-refractivity contribution in [3.63, 3.8) is 0 Å². The van der Waals surface area contributed by atoms with Crippen LogP contribution >= 0.6 is 0 Å². The molecule has 0 fully saturated rings. The highest BCUT2D eigenvalue weighted by atomic mass is 16.2. The highest BCUT2D eigenvalue weighted by Crippen LogP contribution is 2.14. The van der Waals surface area contributed by atoms with E-state index < -0.39 is 0 Å². The molecule has 0 saturated heterocycles. The zero-order valence-electron chi connectivity index (χ0n) is 18.0. The van der Waals surface area contributed by atoms with Crippen LogP contribution in [-0.2, 0) is 0 Å². The van der Waals surface area contributed by atoms with E-state index in [1.165, 1.54) is 0 Å². The summed E-state index contributed by atoms with van der Waals surface area (Å²) in [4.78, 5) is 18.2. The third kappa shape index (κ3) is 8.74. The van der Waals surface area contributed by atoms with E-state index in [0.717, 1.165) is 45.1 Å². The van der Waals surface area contributed by atoms with Crippen molar-refractivity contribution in [2.45, 2.75) is 77.4 Å². The molecule has 0 aliphatic heterocycles. The lowest BCUT2D eigenvalue weighted by atomic mass is 10.1. The Morgan fingerprint density at radius 2 is 1.31 bits per heavy atom. The molecule has 7 nitrogen and oxygen atoms in total. The van der Waals surface area contributed by atoms with Gasteiger partial charge in [-0.25, -0.2) is 4.79 Å². The molecule has 0 aromatic rings. The summed E-state index contributed by atoms with van der Waals surface area (Å²) < 4.78 is 0. The predicted molar refractivity (Wildman–Crippen MR) is 111 cm³/mol. The minimum Gasteiger partial charge on any atom is -0.370 e. The molecule has 0 aromatic carbocycles. The number of hydrogen-bond acceptors (Lipinski definition) is 3. The van der Waals surface area contributed by atoms with Crippen molar-refractivity contribution >= 4 is 12.0 Å². The largest absolute Gasteiger partial charge is 0.370 e. The first-order valence-corrected chi connectivity index (χ1v) is 9.84. The van der Waals surface area contributed by atoms with Gasteiger partial charge in [-0.3, -0.25) is 5.41 Å². The van der Waals surface area contributed by atoms with Crippen LogP contribution in [0.1, 0.15) is 59.3 Å². The second kappa shape index (κ2) is 12.8. The molecular weight excluding hydrogens is 328 g/mol. The molecule has 2 unspecified atom stereocenters. The van der Waals surface area contributed by atoms with Gasteiger partial charge in [0.25, 0.3) is 0 Å². The molecule has 154 valence electrons. The van der Waals surface area contributed by atoms with Gasteiger partial charge in [-0.2, -0.15) is 0 Å². The van der Waals surface area contributed by atoms with Gasteiger partial charge in [-0.05, 0) is 66.5 Å². The maximum atomic E-state index is 12.7. The van der Waals surface area contributed by atoms with E-state index in [4.69, 9.17) is 11.1 Å². The number of unbranched alkanes of at least 4 members (excludes halogenated alkanes) is 1.